The van der Waals surface area contributed by atoms with Gasteiger partial charge in [-0.15, -0.1) is 0 Å². The van der Waals surface area contributed by atoms with Crippen molar-refractivity contribution in [3.63, 3.8) is 0 Å². The summed E-state index contributed by atoms with van der Waals surface area (Å²) in [5.41, 5.74) is 4.03. The van der Waals surface area contributed by atoms with E-state index in [1.165, 1.54) is 0 Å². The Morgan fingerprint density at radius 1 is 1.14 bits per heavy atom. The van der Waals surface area contributed by atoms with Crippen LogP contribution in [0.1, 0.15) is 27.0 Å². The Morgan fingerprint density at radius 3 is 2.67 bits per heavy atom. The number of rotatable bonds is 2. The molecule has 0 aliphatic heterocycles. The number of aliphatic hydroxyl groups is 1. The van der Waals surface area contributed by atoms with Gasteiger partial charge in [-0.1, -0.05) is 36.1 Å². The third-order valence-corrected chi connectivity index (χ3v) is 3.33. The number of hydrogen-bond acceptors (Lipinski definition) is 2. The van der Waals surface area contributed by atoms with Gasteiger partial charge < -0.3 is 10.4 Å². The van der Waals surface area contributed by atoms with E-state index in [9.17, 15) is 4.79 Å². The van der Waals surface area contributed by atoms with Crippen LogP contribution in [0.15, 0.2) is 42.5 Å². The van der Waals surface area contributed by atoms with E-state index in [0.717, 1.165) is 11.1 Å². The van der Waals surface area contributed by atoms with Crippen LogP contribution in [-0.4, -0.2) is 17.6 Å². The number of aliphatic hydroxyl groups excluding tert-OH is 1. The molecule has 0 aliphatic rings. The quantitative estimate of drug-likeness (QED) is 0.830. The predicted molar refractivity (Wildman–Crippen MR) is 84.3 cm³/mol. The molecule has 0 fully saturated rings. The number of carbonyl (C=O) groups is 1. The van der Waals surface area contributed by atoms with Crippen LogP contribution in [-0.2, 0) is 0 Å². The Morgan fingerprint density at radius 2 is 1.90 bits per heavy atom. The molecule has 3 nitrogen and oxygen atoms in total. The maximum Gasteiger partial charge on any atom is 0.255 e. The minimum atomic E-state index is -0.209. The first-order valence-electron chi connectivity index (χ1n) is 6.70. The molecule has 2 rings (SSSR count). The molecule has 0 spiro atoms. The normalized spacial score (nSPS) is 9.67. The summed E-state index contributed by atoms with van der Waals surface area (Å²) in [6.45, 7) is 3.70. The van der Waals surface area contributed by atoms with Crippen LogP contribution in [0.3, 0.4) is 0 Å². The van der Waals surface area contributed by atoms with Crippen molar-refractivity contribution in [3.8, 4) is 11.8 Å². The first-order chi connectivity index (χ1) is 10.1. The minimum absolute atomic E-state index is 0.158. The fourth-order valence-electron chi connectivity index (χ4n) is 2.02. The molecule has 0 saturated carbocycles. The van der Waals surface area contributed by atoms with E-state index in [1.807, 2.05) is 38.1 Å². The maximum absolute atomic E-state index is 12.4. The zero-order valence-corrected chi connectivity index (χ0v) is 12.1. The maximum atomic E-state index is 12.4. The topological polar surface area (TPSA) is 49.3 Å². The Bertz CT molecular complexity index is 723. The molecule has 1 amide bonds. The third-order valence-electron chi connectivity index (χ3n) is 3.33. The van der Waals surface area contributed by atoms with Crippen LogP contribution < -0.4 is 5.32 Å². The summed E-state index contributed by atoms with van der Waals surface area (Å²) in [4.78, 5) is 12.4. The first-order valence-corrected chi connectivity index (χ1v) is 6.70. The van der Waals surface area contributed by atoms with Crippen molar-refractivity contribution in [1.82, 2.24) is 0 Å². The number of nitrogens with one attached hydrogen (secondary N) is 1. The molecule has 0 heterocycles. The summed E-state index contributed by atoms with van der Waals surface area (Å²) in [5.74, 6) is 5.27. The van der Waals surface area contributed by atoms with E-state index < -0.39 is 0 Å². The summed E-state index contributed by atoms with van der Waals surface area (Å²) < 4.78 is 0. The van der Waals surface area contributed by atoms with Gasteiger partial charge in [-0.25, -0.2) is 0 Å². The number of anilines is 1. The van der Waals surface area contributed by atoms with Gasteiger partial charge in [0.2, 0.25) is 0 Å². The van der Waals surface area contributed by atoms with Crippen molar-refractivity contribution in [2.75, 3.05) is 11.9 Å². The van der Waals surface area contributed by atoms with Crippen LogP contribution >= 0.6 is 0 Å². The number of amides is 1. The zero-order valence-electron chi connectivity index (χ0n) is 12.1. The molecule has 0 unspecified atom stereocenters. The van der Waals surface area contributed by atoms with Crippen LogP contribution in [0, 0.1) is 25.7 Å². The van der Waals surface area contributed by atoms with E-state index in [1.54, 1.807) is 18.2 Å². The monoisotopic (exact) mass is 279 g/mol. The Hall–Kier alpha value is -2.57. The summed E-state index contributed by atoms with van der Waals surface area (Å²) >= 11 is 0. The zero-order chi connectivity index (χ0) is 15.2. The SMILES string of the molecule is Cc1cccc(C(=O)Nc2ccccc2C#CCO)c1C. The predicted octanol–water partition coefficient (Wildman–Crippen LogP) is 2.90. The molecule has 0 atom stereocenters. The number of benzene rings is 2. The van der Waals surface area contributed by atoms with Gasteiger partial charge in [-0.05, 0) is 43.2 Å². The number of para-hydroxylation sites is 1. The van der Waals surface area contributed by atoms with E-state index in [4.69, 9.17) is 5.11 Å². The van der Waals surface area contributed by atoms with Gasteiger partial charge in [0.15, 0.2) is 0 Å². The highest BCUT2D eigenvalue weighted by atomic mass is 16.2. The highest BCUT2D eigenvalue weighted by Gasteiger charge is 2.11. The number of hydrogen-bond donors (Lipinski definition) is 2. The fraction of sp³-hybridized carbons (Fsp3) is 0.167. The molecule has 0 radical (unpaired) electrons. The van der Waals surface area contributed by atoms with Crippen molar-refractivity contribution in [2.45, 2.75) is 13.8 Å². The molecule has 3 heteroatoms. The van der Waals surface area contributed by atoms with Gasteiger partial charge in [0, 0.05) is 11.1 Å². The van der Waals surface area contributed by atoms with Crippen LogP contribution in [0.4, 0.5) is 5.69 Å². The van der Waals surface area contributed by atoms with Gasteiger partial charge in [0.1, 0.15) is 6.61 Å². The molecule has 0 aromatic heterocycles. The second kappa shape index (κ2) is 6.74. The third kappa shape index (κ3) is 3.50. The molecule has 2 aromatic rings. The lowest BCUT2D eigenvalue weighted by molar-refractivity contribution is 0.102. The van der Waals surface area contributed by atoms with Crippen molar-refractivity contribution in [2.24, 2.45) is 0 Å². The summed E-state index contributed by atoms with van der Waals surface area (Å²) in [6, 6.07) is 12.9. The minimum Gasteiger partial charge on any atom is -0.384 e. The highest BCUT2D eigenvalue weighted by molar-refractivity contribution is 6.06. The van der Waals surface area contributed by atoms with Gasteiger partial charge in [-0.2, -0.15) is 0 Å². The lowest BCUT2D eigenvalue weighted by Gasteiger charge is -2.10. The number of aryl methyl sites for hydroxylation is 1. The van der Waals surface area contributed by atoms with Gasteiger partial charge in [0.25, 0.3) is 5.91 Å². The highest BCUT2D eigenvalue weighted by Crippen LogP contribution is 2.18. The molecule has 2 aromatic carbocycles. The Labute approximate surface area is 124 Å². The standard InChI is InChI=1S/C18H17NO2/c1-13-7-5-10-16(14(13)2)18(21)19-17-11-4-3-8-15(17)9-6-12-20/h3-5,7-8,10-11,20H,12H2,1-2H3,(H,19,21). The molecule has 0 bridgehead atoms. The van der Waals surface area contributed by atoms with E-state index >= 15 is 0 Å². The summed E-state index contributed by atoms with van der Waals surface area (Å²) in [6.07, 6.45) is 0. The number of carbonyl (C=O) groups excluding carboxylic acids is 1. The van der Waals surface area contributed by atoms with Crippen molar-refractivity contribution >= 4 is 11.6 Å². The molecule has 106 valence electrons. The van der Waals surface area contributed by atoms with Crippen molar-refractivity contribution < 1.29 is 9.90 Å². The smallest absolute Gasteiger partial charge is 0.255 e. The molecule has 21 heavy (non-hydrogen) atoms. The lowest BCUT2D eigenvalue weighted by Crippen LogP contribution is -2.14. The van der Waals surface area contributed by atoms with Gasteiger partial charge >= 0.3 is 0 Å². The van der Waals surface area contributed by atoms with E-state index in [0.29, 0.717) is 16.8 Å². The van der Waals surface area contributed by atoms with Gasteiger partial charge in [0.05, 0.1) is 5.69 Å². The molecular formula is C18H17NO2. The van der Waals surface area contributed by atoms with Crippen LogP contribution in [0.2, 0.25) is 0 Å². The second-order valence-corrected chi connectivity index (χ2v) is 4.71. The molecule has 0 aliphatic carbocycles. The van der Waals surface area contributed by atoms with Crippen molar-refractivity contribution in [3.05, 3.63) is 64.7 Å². The summed E-state index contributed by atoms with van der Waals surface area (Å²) in [5, 5.41) is 11.7. The van der Waals surface area contributed by atoms with Gasteiger partial charge in [-0.3, -0.25) is 4.79 Å². The van der Waals surface area contributed by atoms with Crippen molar-refractivity contribution in [1.29, 1.82) is 0 Å². The van der Waals surface area contributed by atoms with Crippen LogP contribution in [0.25, 0.3) is 0 Å². The fourth-order valence-corrected chi connectivity index (χ4v) is 2.02. The first kappa shape index (κ1) is 14.8. The van der Waals surface area contributed by atoms with Crippen LogP contribution in [0.5, 0.6) is 0 Å². The molecule has 0 saturated heterocycles. The average molecular weight is 279 g/mol. The summed E-state index contributed by atoms with van der Waals surface area (Å²) in [7, 11) is 0. The largest absolute Gasteiger partial charge is 0.384 e. The molecular weight excluding hydrogens is 262 g/mol. The Balaban J connectivity index is 2.30. The lowest BCUT2D eigenvalue weighted by atomic mass is 10.0. The average Bonchev–Trinajstić information content (AvgIpc) is 2.49. The Kier molecular flexibility index (Phi) is 4.76. The van der Waals surface area contributed by atoms with E-state index in [2.05, 4.69) is 17.2 Å². The van der Waals surface area contributed by atoms with E-state index in [-0.39, 0.29) is 12.5 Å². The second-order valence-electron chi connectivity index (χ2n) is 4.71. The molecule has 2 N–H and O–H groups in total.